The van der Waals surface area contributed by atoms with E-state index in [0.717, 1.165) is 37.5 Å². The van der Waals surface area contributed by atoms with Gasteiger partial charge in [0.05, 0.1) is 11.6 Å². The van der Waals surface area contributed by atoms with Crippen molar-refractivity contribution >= 4 is 11.7 Å². The maximum absolute atomic E-state index is 12.9. The van der Waals surface area contributed by atoms with Gasteiger partial charge in [-0.3, -0.25) is 9.78 Å². The van der Waals surface area contributed by atoms with Crippen molar-refractivity contribution in [3.8, 4) is 0 Å². The molecule has 4 rings (SSSR count). The third kappa shape index (κ3) is 3.48. The van der Waals surface area contributed by atoms with Gasteiger partial charge in [-0.2, -0.15) is 13.2 Å². The molecule has 0 spiro atoms. The maximum atomic E-state index is 12.9. The standard InChI is InChI=1S/C19H19F3N4O/c20-19(21,22)16-5-4-14(11-24-16)18(27)26-10-7-13-6-9-25(12-15(13)26)17-3-1-2-8-23-17/h1-5,8,11,13,15H,6-7,9-10,12H2. The molecule has 0 aliphatic carbocycles. The molecule has 2 atom stereocenters. The number of hydrogen-bond donors (Lipinski definition) is 0. The van der Waals surface area contributed by atoms with Gasteiger partial charge in [-0.1, -0.05) is 6.07 Å². The molecule has 0 saturated carbocycles. The van der Waals surface area contributed by atoms with Crippen LogP contribution in [0.25, 0.3) is 0 Å². The fraction of sp³-hybridized carbons (Fsp3) is 0.421. The second kappa shape index (κ2) is 6.83. The molecular weight excluding hydrogens is 357 g/mol. The first-order valence-corrected chi connectivity index (χ1v) is 8.93. The van der Waals surface area contributed by atoms with E-state index in [4.69, 9.17) is 0 Å². The van der Waals surface area contributed by atoms with Crippen LogP contribution < -0.4 is 4.90 Å². The Balaban J connectivity index is 1.51. The molecule has 0 bridgehead atoms. The number of anilines is 1. The summed E-state index contributed by atoms with van der Waals surface area (Å²) in [6, 6.07) is 7.85. The summed E-state index contributed by atoms with van der Waals surface area (Å²) in [5.74, 6) is 1.04. The smallest absolute Gasteiger partial charge is 0.355 e. The normalized spacial score (nSPS) is 22.6. The van der Waals surface area contributed by atoms with E-state index in [0.29, 0.717) is 19.0 Å². The van der Waals surface area contributed by atoms with E-state index in [-0.39, 0.29) is 17.5 Å². The van der Waals surface area contributed by atoms with Gasteiger partial charge in [0.15, 0.2) is 0 Å². The maximum Gasteiger partial charge on any atom is 0.433 e. The van der Waals surface area contributed by atoms with E-state index in [2.05, 4.69) is 14.9 Å². The van der Waals surface area contributed by atoms with Crippen molar-refractivity contribution in [2.45, 2.75) is 25.1 Å². The van der Waals surface area contributed by atoms with Gasteiger partial charge in [0.2, 0.25) is 0 Å². The Morgan fingerprint density at radius 2 is 1.89 bits per heavy atom. The Kier molecular flexibility index (Phi) is 4.49. The number of fused-ring (bicyclic) bond motifs is 1. The lowest BCUT2D eigenvalue weighted by Gasteiger charge is -2.39. The second-order valence-electron chi connectivity index (χ2n) is 6.97. The average Bonchev–Trinajstić information content (AvgIpc) is 3.11. The first-order valence-electron chi connectivity index (χ1n) is 8.93. The Morgan fingerprint density at radius 3 is 2.56 bits per heavy atom. The molecule has 2 aliphatic rings. The molecule has 2 fully saturated rings. The zero-order chi connectivity index (χ0) is 19.0. The minimum absolute atomic E-state index is 0.0375. The number of halogens is 3. The van der Waals surface area contributed by atoms with Crippen LogP contribution in [0.2, 0.25) is 0 Å². The number of alkyl halides is 3. The quantitative estimate of drug-likeness (QED) is 0.808. The highest BCUT2D eigenvalue weighted by molar-refractivity contribution is 5.94. The number of likely N-dealkylation sites (tertiary alicyclic amines) is 1. The Labute approximate surface area is 154 Å². The molecule has 0 radical (unpaired) electrons. The summed E-state index contributed by atoms with van der Waals surface area (Å²) >= 11 is 0. The van der Waals surface area contributed by atoms with Crippen LogP contribution in [0.5, 0.6) is 0 Å². The number of carbonyl (C=O) groups excluding carboxylic acids is 1. The fourth-order valence-electron chi connectivity index (χ4n) is 4.00. The summed E-state index contributed by atoms with van der Waals surface area (Å²) in [5.41, 5.74) is -0.795. The van der Waals surface area contributed by atoms with Gasteiger partial charge in [0, 0.05) is 32.0 Å². The number of aromatic nitrogens is 2. The van der Waals surface area contributed by atoms with Crippen LogP contribution in [-0.2, 0) is 6.18 Å². The monoisotopic (exact) mass is 376 g/mol. The molecule has 4 heterocycles. The van der Waals surface area contributed by atoms with Crippen LogP contribution in [0, 0.1) is 5.92 Å². The molecule has 0 N–H and O–H groups in total. The van der Waals surface area contributed by atoms with E-state index in [1.165, 1.54) is 6.07 Å². The van der Waals surface area contributed by atoms with E-state index in [9.17, 15) is 18.0 Å². The molecule has 2 saturated heterocycles. The first kappa shape index (κ1) is 17.8. The van der Waals surface area contributed by atoms with Crippen molar-refractivity contribution in [3.05, 3.63) is 54.0 Å². The van der Waals surface area contributed by atoms with Gasteiger partial charge in [-0.25, -0.2) is 4.98 Å². The molecule has 2 unspecified atom stereocenters. The molecule has 8 heteroatoms. The fourth-order valence-corrected chi connectivity index (χ4v) is 4.00. The summed E-state index contributed by atoms with van der Waals surface area (Å²) in [7, 11) is 0. The van der Waals surface area contributed by atoms with Crippen LogP contribution in [-0.4, -0.2) is 46.5 Å². The second-order valence-corrected chi connectivity index (χ2v) is 6.97. The number of rotatable bonds is 2. The van der Waals surface area contributed by atoms with Crippen molar-refractivity contribution in [2.24, 2.45) is 5.92 Å². The van der Waals surface area contributed by atoms with Gasteiger partial charge in [0.1, 0.15) is 11.5 Å². The lowest BCUT2D eigenvalue weighted by molar-refractivity contribution is -0.141. The van der Waals surface area contributed by atoms with Crippen molar-refractivity contribution < 1.29 is 18.0 Å². The van der Waals surface area contributed by atoms with Gasteiger partial charge in [-0.15, -0.1) is 0 Å². The lowest BCUT2D eigenvalue weighted by atomic mass is 9.92. The van der Waals surface area contributed by atoms with Crippen LogP contribution >= 0.6 is 0 Å². The summed E-state index contributed by atoms with van der Waals surface area (Å²) in [6.45, 7) is 2.19. The van der Waals surface area contributed by atoms with Crippen LogP contribution in [0.15, 0.2) is 42.7 Å². The van der Waals surface area contributed by atoms with Gasteiger partial charge < -0.3 is 9.80 Å². The zero-order valence-corrected chi connectivity index (χ0v) is 14.6. The highest BCUT2D eigenvalue weighted by Gasteiger charge is 2.41. The summed E-state index contributed by atoms with van der Waals surface area (Å²) in [4.78, 5) is 24.6. The van der Waals surface area contributed by atoms with E-state index in [1.807, 2.05) is 18.2 Å². The van der Waals surface area contributed by atoms with Gasteiger partial charge in [0.25, 0.3) is 5.91 Å². The largest absolute Gasteiger partial charge is 0.433 e. The Hall–Kier alpha value is -2.64. The average molecular weight is 376 g/mol. The van der Waals surface area contributed by atoms with E-state index < -0.39 is 11.9 Å². The SMILES string of the molecule is O=C(c1ccc(C(F)(F)F)nc1)N1CCC2CCN(c3ccccn3)CC21. The van der Waals surface area contributed by atoms with Crippen molar-refractivity contribution in [3.63, 3.8) is 0 Å². The van der Waals surface area contributed by atoms with Crippen LogP contribution in [0.4, 0.5) is 19.0 Å². The first-order chi connectivity index (χ1) is 12.9. The molecule has 0 aromatic carbocycles. The summed E-state index contributed by atoms with van der Waals surface area (Å²) in [5, 5.41) is 0. The Morgan fingerprint density at radius 1 is 1.07 bits per heavy atom. The zero-order valence-electron chi connectivity index (χ0n) is 14.6. The third-order valence-electron chi connectivity index (χ3n) is 5.40. The molecule has 1 amide bonds. The molecule has 5 nitrogen and oxygen atoms in total. The molecule has 2 aromatic heterocycles. The van der Waals surface area contributed by atoms with Gasteiger partial charge in [-0.05, 0) is 43.0 Å². The van der Waals surface area contributed by atoms with Gasteiger partial charge >= 0.3 is 6.18 Å². The van der Waals surface area contributed by atoms with Crippen LogP contribution in [0.3, 0.4) is 0 Å². The number of hydrogen-bond acceptors (Lipinski definition) is 4. The van der Waals surface area contributed by atoms with E-state index >= 15 is 0 Å². The lowest BCUT2D eigenvalue weighted by Crippen LogP contribution is -2.50. The summed E-state index contributed by atoms with van der Waals surface area (Å²) in [6.07, 6.45) is 0.147. The number of piperidine rings is 1. The molecule has 142 valence electrons. The molecular formula is C19H19F3N4O. The van der Waals surface area contributed by atoms with Crippen molar-refractivity contribution in [1.82, 2.24) is 14.9 Å². The molecule has 2 aliphatic heterocycles. The minimum atomic E-state index is -4.51. The highest BCUT2D eigenvalue weighted by atomic mass is 19.4. The number of nitrogens with zero attached hydrogens (tertiary/aromatic N) is 4. The van der Waals surface area contributed by atoms with E-state index in [1.54, 1.807) is 11.1 Å². The molecule has 27 heavy (non-hydrogen) atoms. The van der Waals surface area contributed by atoms with Crippen LogP contribution in [0.1, 0.15) is 28.9 Å². The third-order valence-corrected chi connectivity index (χ3v) is 5.40. The number of pyridine rings is 2. The predicted octanol–water partition coefficient (Wildman–Crippen LogP) is 3.24. The summed E-state index contributed by atoms with van der Waals surface area (Å²) < 4.78 is 38.0. The van der Waals surface area contributed by atoms with Crippen molar-refractivity contribution in [2.75, 3.05) is 24.5 Å². The van der Waals surface area contributed by atoms with Crippen molar-refractivity contribution in [1.29, 1.82) is 0 Å². The predicted molar refractivity (Wildman–Crippen MR) is 93.2 cm³/mol. The number of carbonyl (C=O) groups is 1. The number of amides is 1. The minimum Gasteiger partial charge on any atom is -0.355 e. The molecule has 2 aromatic rings. The topological polar surface area (TPSA) is 49.3 Å². The highest BCUT2D eigenvalue weighted by Crippen LogP contribution is 2.34. The Bertz CT molecular complexity index is 810.